The highest BCUT2D eigenvalue weighted by atomic mass is 35.5. The Labute approximate surface area is 108 Å². The van der Waals surface area contributed by atoms with Gasteiger partial charge >= 0.3 is 0 Å². The summed E-state index contributed by atoms with van der Waals surface area (Å²) in [6, 6.07) is 0. The monoisotopic (exact) mass is 254 g/mol. The molecule has 0 radical (unpaired) electrons. The maximum Gasteiger partial charge on any atom is 0.125 e. The van der Waals surface area contributed by atoms with Crippen LogP contribution in [-0.2, 0) is 6.42 Å². The first-order chi connectivity index (χ1) is 7.89. The molecule has 0 saturated heterocycles. The van der Waals surface area contributed by atoms with Crippen LogP contribution >= 0.6 is 11.6 Å². The summed E-state index contributed by atoms with van der Waals surface area (Å²) in [5.41, 5.74) is 3.70. The van der Waals surface area contributed by atoms with E-state index in [1.807, 2.05) is 20.8 Å². The lowest BCUT2D eigenvalue weighted by molar-refractivity contribution is 0.149. The predicted octanol–water partition coefficient (Wildman–Crippen LogP) is 3.34. The van der Waals surface area contributed by atoms with Crippen LogP contribution in [0.1, 0.15) is 35.1 Å². The van der Waals surface area contributed by atoms with Crippen LogP contribution in [0.3, 0.4) is 0 Å². The van der Waals surface area contributed by atoms with E-state index in [4.69, 9.17) is 16.3 Å². The van der Waals surface area contributed by atoms with Crippen molar-refractivity contribution in [3.8, 4) is 5.75 Å². The molecule has 1 aromatic carbocycles. The van der Waals surface area contributed by atoms with Crippen molar-refractivity contribution in [2.75, 3.05) is 7.11 Å². The average Bonchev–Trinajstić information content (AvgIpc) is 3.02. The van der Waals surface area contributed by atoms with Gasteiger partial charge in [-0.15, -0.1) is 0 Å². The van der Waals surface area contributed by atoms with Crippen molar-refractivity contribution in [2.45, 2.75) is 45.6 Å². The van der Waals surface area contributed by atoms with Gasteiger partial charge < -0.3 is 9.84 Å². The number of rotatable bonds is 3. The third-order valence-corrected chi connectivity index (χ3v) is 4.39. The number of ether oxygens (including phenoxy) is 1. The topological polar surface area (TPSA) is 29.5 Å². The maximum absolute atomic E-state index is 10.1. The molecule has 0 amide bonds. The first kappa shape index (κ1) is 12.7. The first-order valence-electron chi connectivity index (χ1n) is 5.94. The SMILES string of the molecule is COc1c(C)c(C)c(Cl)c(C)c1CC1(O)CC1. The standard InChI is InChI=1S/C14H19ClO2/c1-8-9(2)13(17-4)11(10(3)12(8)15)7-14(16)5-6-14/h16H,5-7H2,1-4H3. The van der Waals surface area contributed by atoms with Crippen LogP contribution in [-0.4, -0.2) is 17.8 Å². The zero-order valence-electron chi connectivity index (χ0n) is 10.9. The second-order valence-electron chi connectivity index (χ2n) is 5.10. The molecule has 17 heavy (non-hydrogen) atoms. The molecular weight excluding hydrogens is 236 g/mol. The normalized spacial score (nSPS) is 17.1. The van der Waals surface area contributed by atoms with Crippen LogP contribution in [0.2, 0.25) is 5.02 Å². The maximum atomic E-state index is 10.1. The van der Waals surface area contributed by atoms with Crippen molar-refractivity contribution in [3.05, 3.63) is 27.3 Å². The molecule has 1 fully saturated rings. The van der Waals surface area contributed by atoms with E-state index in [2.05, 4.69) is 0 Å². The zero-order chi connectivity index (χ0) is 12.8. The summed E-state index contributed by atoms with van der Waals surface area (Å²) in [5.74, 6) is 0.879. The Bertz CT molecular complexity index is 462. The fraction of sp³-hybridized carbons (Fsp3) is 0.571. The van der Waals surface area contributed by atoms with Gasteiger partial charge in [0.1, 0.15) is 5.75 Å². The van der Waals surface area contributed by atoms with Gasteiger partial charge in [0.15, 0.2) is 0 Å². The van der Waals surface area contributed by atoms with E-state index in [1.165, 1.54) is 0 Å². The summed E-state index contributed by atoms with van der Waals surface area (Å²) >= 11 is 6.33. The van der Waals surface area contributed by atoms with Crippen molar-refractivity contribution < 1.29 is 9.84 Å². The molecule has 94 valence electrons. The van der Waals surface area contributed by atoms with E-state index >= 15 is 0 Å². The van der Waals surface area contributed by atoms with Gasteiger partial charge in [-0.25, -0.2) is 0 Å². The number of hydrogen-bond donors (Lipinski definition) is 1. The fourth-order valence-electron chi connectivity index (χ4n) is 2.28. The van der Waals surface area contributed by atoms with Gasteiger partial charge in [0.25, 0.3) is 0 Å². The minimum Gasteiger partial charge on any atom is -0.496 e. The molecule has 1 aliphatic rings. The Hall–Kier alpha value is -0.730. The van der Waals surface area contributed by atoms with Crippen molar-refractivity contribution >= 4 is 11.6 Å². The van der Waals surface area contributed by atoms with Gasteiger partial charge in [0.2, 0.25) is 0 Å². The molecule has 1 aliphatic carbocycles. The van der Waals surface area contributed by atoms with Gasteiger partial charge in [-0.2, -0.15) is 0 Å². The molecule has 0 bridgehead atoms. The van der Waals surface area contributed by atoms with Gasteiger partial charge in [0.05, 0.1) is 12.7 Å². The smallest absolute Gasteiger partial charge is 0.125 e. The number of aliphatic hydroxyl groups is 1. The van der Waals surface area contributed by atoms with Crippen LogP contribution in [0.25, 0.3) is 0 Å². The molecule has 2 nitrogen and oxygen atoms in total. The third kappa shape index (κ3) is 2.16. The lowest BCUT2D eigenvalue weighted by Gasteiger charge is -2.20. The molecular formula is C14H19ClO2. The van der Waals surface area contributed by atoms with E-state index in [-0.39, 0.29) is 0 Å². The summed E-state index contributed by atoms with van der Waals surface area (Å²) in [4.78, 5) is 0. The van der Waals surface area contributed by atoms with Gasteiger partial charge in [-0.3, -0.25) is 0 Å². The summed E-state index contributed by atoms with van der Waals surface area (Å²) < 4.78 is 5.50. The number of halogens is 1. The molecule has 3 heteroatoms. The molecule has 0 aliphatic heterocycles. The summed E-state index contributed by atoms with van der Waals surface area (Å²) in [7, 11) is 1.68. The highest BCUT2D eigenvalue weighted by molar-refractivity contribution is 6.32. The third-order valence-electron chi connectivity index (χ3n) is 3.83. The average molecular weight is 255 g/mol. The molecule has 0 unspecified atom stereocenters. The van der Waals surface area contributed by atoms with E-state index < -0.39 is 5.60 Å². The van der Waals surface area contributed by atoms with E-state index in [0.717, 1.165) is 45.9 Å². The van der Waals surface area contributed by atoms with Gasteiger partial charge in [-0.1, -0.05) is 11.6 Å². The van der Waals surface area contributed by atoms with Crippen molar-refractivity contribution in [1.82, 2.24) is 0 Å². The number of hydrogen-bond acceptors (Lipinski definition) is 2. The lowest BCUT2D eigenvalue weighted by Crippen LogP contribution is -2.14. The lowest BCUT2D eigenvalue weighted by atomic mass is 9.94. The second kappa shape index (κ2) is 4.18. The highest BCUT2D eigenvalue weighted by Crippen LogP contribution is 2.44. The fourth-order valence-corrected chi connectivity index (χ4v) is 2.54. The highest BCUT2D eigenvalue weighted by Gasteiger charge is 2.41. The Balaban J connectivity index is 2.55. The number of benzene rings is 1. The predicted molar refractivity (Wildman–Crippen MR) is 70.1 cm³/mol. The van der Waals surface area contributed by atoms with Gasteiger partial charge in [-0.05, 0) is 50.3 Å². The van der Waals surface area contributed by atoms with E-state index in [0.29, 0.717) is 6.42 Å². The Morgan fingerprint density at radius 3 is 2.24 bits per heavy atom. The Morgan fingerprint density at radius 2 is 1.76 bits per heavy atom. The second-order valence-corrected chi connectivity index (χ2v) is 5.48. The Kier molecular flexibility index (Phi) is 3.13. The van der Waals surface area contributed by atoms with Crippen molar-refractivity contribution in [2.24, 2.45) is 0 Å². The largest absolute Gasteiger partial charge is 0.496 e. The molecule has 0 heterocycles. The summed E-state index contributed by atoms with van der Waals surface area (Å²) in [6.07, 6.45) is 2.39. The number of methoxy groups -OCH3 is 1. The summed E-state index contributed by atoms with van der Waals surface area (Å²) in [6.45, 7) is 6.01. The molecule has 1 aromatic rings. The van der Waals surface area contributed by atoms with Crippen molar-refractivity contribution in [3.63, 3.8) is 0 Å². The zero-order valence-corrected chi connectivity index (χ0v) is 11.6. The molecule has 1 N–H and O–H groups in total. The minimum absolute atomic E-state index is 0.525. The molecule has 2 rings (SSSR count). The molecule has 0 aromatic heterocycles. The summed E-state index contributed by atoms with van der Waals surface area (Å²) in [5, 5.41) is 10.9. The van der Waals surface area contributed by atoms with Crippen LogP contribution in [0, 0.1) is 20.8 Å². The molecule has 0 atom stereocenters. The van der Waals surface area contributed by atoms with E-state index in [9.17, 15) is 5.11 Å². The van der Waals surface area contributed by atoms with Crippen LogP contribution in [0.5, 0.6) is 5.75 Å². The molecule has 1 saturated carbocycles. The van der Waals surface area contributed by atoms with Crippen LogP contribution in [0.4, 0.5) is 0 Å². The Morgan fingerprint density at radius 1 is 1.18 bits per heavy atom. The van der Waals surface area contributed by atoms with Crippen LogP contribution < -0.4 is 4.74 Å². The first-order valence-corrected chi connectivity index (χ1v) is 6.32. The van der Waals surface area contributed by atoms with Crippen molar-refractivity contribution in [1.29, 1.82) is 0 Å². The quantitative estimate of drug-likeness (QED) is 0.897. The molecule has 0 spiro atoms. The minimum atomic E-state index is -0.525. The van der Waals surface area contributed by atoms with E-state index in [1.54, 1.807) is 7.11 Å². The van der Waals surface area contributed by atoms with Crippen LogP contribution in [0.15, 0.2) is 0 Å². The van der Waals surface area contributed by atoms with Gasteiger partial charge in [0, 0.05) is 17.0 Å².